The summed E-state index contributed by atoms with van der Waals surface area (Å²) in [6, 6.07) is 9.94. The highest BCUT2D eigenvalue weighted by Gasteiger charge is 2.17. The maximum atomic E-state index is 12.0. The second kappa shape index (κ2) is 5.67. The SMILES string of the molecule is Cc1c(C(=O)NCCO)sc2nc(-c3ccccc3)cn12. The highest BCUT2D eigenvalue weighted by molar-refractivity contribution is 7.19. The molecule has 2 N–H and O–H groups in total. The van der Waals surface area contributed by atoms with Crippen LogP contribution in [0.2, 0.25) is 0 Å². The predicted octanol–water partition coefficient (Wildman–Crippen LogP) is 2.09. The fourth-order valence-electron chi connectivity index (χ4n) is 2.16. The Morgan fingerprint density at radius 3 is 2.81 bits per heavy atom. The van der Waals surface area contributed by atoms with Crippen LogP contribution in [0, 0.1) is 6.92 Å². The van der Waals surface area contributed by atoms with Gasteiger partial charge >= 0.3 is 0 Å². The molecule has 0 aliphatic carbocycles. The monoisotopic (exact) mass is 301 g/mol. The number of hydrogen-bond acceptors (Lipinski definition) is 4. The van der Waals surface area contributed by atoms with Crippen LogP contribution in [0.5, 0.6) is 0 Å². The second-order valence-electron chi connectivity index (χ2n) is 4.64. The fourth-order valence-corrected chi connectivity index (χ4v) is 3.18. The average Bonchev–Trinajstić information content (AvgIpc) is 3.06. The maximum Gasteiger partial charge on any atom is 0.263 e. The van der Waals surface area contributed by atoms with Gasteiger partial charge in [-0.3, -0.25) is 9.20 Å². The van der Waals surface area contributed by atoms with E-state index in [-0.39, 0.29) is 19.1 Å². The number of aryl methyl sites for hydroxylation is 1. The van der Waals surface area contributed by atoms with Gasteiger partial charge in [-0.05, 0) is 6.92 Å². The molecule has 1 aromatic carbocycles. The van der Waals surface area contributed by atoms with Crippen molar-refractivity contribution in [1.29, 1.82) is 0 Å². The van der Waals surface area contributed by atoms with Crippen molar-refractivity contribution in [3.05, 3.63) is 47.1 Å². The number of imidazole rings is 1. The third-order valence-corrected chi connectivity index (χ3v) is 4.39. The number of hydrogen-bond donors (Lipinski definition) is 2. The number of thiazole rings is 1. The van der Waals surface area contributed by atoms with Crippen molar-refractivity contribution < 1.29 is 9.90 Å². The molecule has 5 nitrogen and oxygen atoms in total. The number of nitrogens with zero attached hydrogens (tertiary/aromatic N) is 2. The number of nitrogens with one attached hydrogen (secondary N) is 1. The molecule has 0 spiro atoms. The number of carbonyl (C=O) groups excluding carboxylic acids is 1. The summed E-state index contributed by atoms with van der Waals surface area (Å²) in [7, 11) is 0. The summed E-state index contributed by atoms with van der Waals surface area (Å²) in [5, 5.41) is 11.4. The number of aromatic nitrogens is 2. The molecule has 0 bridgehead atoms. The molecule has 1 amide bonds. The van der Waals surface area contributed by atoms with E-state index in [9.17, 15) is 4.79 Å². The summed E-state index contributed by atoms with van der Waals surface area (Å²) in [4.78, 5) is 18.0. The first kappa shape index (κ1) is 13.8. The van der Waals surface area contributed by atoms with Crippen LogP contribution in [0.15, 0.2) is 36.5 Å². The van der Waals surface area contributed by atoms with Gasteiger partial charge in [0.1, 0.15) is 4.88 Å². The van der Waals surface area contributed by atoms with E-state index in [4.69, 9.17) is 5.11 Å². The van der Waals surface area contributed by atoms with Crippen molar-refractivity contribution >= 4 is 22.2 Å². The summed E-state index contributed by atoms with van der Waals surface area (Å²) in [5.74, 6) is -0.168. The Morgan fingerprint density at radius 2 is 2.14 bits per heavy atom. The molecule has 2 heterocycles. The fraction of sp³-hybridized carbons (Fsp3) is 0.200. The number of fused-ring (bicyclic) bond motifs is 1. The van der Waals surface area contributed by atoms with E-state index < -0.39 is 0 Å². The maximum absolute atomic E-state index is 12.0. The lowest BCUT2D eigenvalue weighted by atomic mass is 10.2. The van der Waals surface area contributed by atoms with Gasteiger partial charge in [0.05, 0.1) is 12.3 Å². The quantitative estimate of drug-likeness (QED) is 0.775. The molecule has 0 atom stereocenters. The number of amides is 1. The third kappa shape index (κ3) is 2.55. The van der Waals surface area contributed by atoms with E-state index in [1.807, 2.05) is 47.9 Å². The van der Waals surface area contributed by atoms with Crippen LogP contribution < -0.4 is 5.32 Å². The lowest BCUT2D eigenvalue weighted by molar-refractivity contribution is 0.0948. The molecule has 0 saturated heterocycles. The molecule has 0 aliphatic rings. The van der Waals surface area contributed by atoms with Gasteiger partial charge in [-0.15, -0.1) is 0 Å². The van der Waals surface area contributed by atoms with Gasteiger partial charge in [-0.1, -0.05) is 41.7 Å². The van der Waals surface area contributed by atoms with Gasteiger partial charge in [0.15, 0.2) is 4.96 Å². The van der Waals surface area contributed by atoms with Crippen molar-refractivity contribution in [3.63, 3.8) is 0 Å². The molecular weight excluding hydrogens is 286 g/mol. The molecule has 21 heavy (non-hydrogen) atoms. The Balaban J connectivity index is 1.97. The molecular formula is C15H15N3O2S. The molecule has 0 unspecified atom stereocenters. The summed E-state index contributed by atoms with van der Waals surface area (Å²) < 4.78 is 1.93. The van der Waals surface area contributed by atoms with E-state index >= 15 is 0 Å². The summed E-state index contributed by atoms with van der Waals surface area (Å²) >= 11 is 1.36. The lowest BCUT2D eigenvalue weighted by Gasteiger charge is -2.01. The van der Waals surface area contributed by atoms with Crippen LogP contribution in [-0.2, 0) is 0 Å². The molecule has 108 valence electrons. The third-order valence-electron chi connectivity index (χ3n) is 3.23. The van der Waals surface area contributed by atoms with E-state index in [1.165, 1.54) is 11.3 Å². The molecule has 2 aromatic heterocycles. The van der Waals surface area contributed by atoms with Crippen LogP contribution in [0.3, 0.4) is 0 Å². The molecule has 0 fully saturated rings. The smallest absolute Gasteiger partial charge is 0.263 e. The number of aliphatic hydroxyl groups excluding tert-OH is 1. The Bertz CT molecular complexity index is 777. The van der Waals surface area contributed by atoms with Crippen molar-refractivity contribution in [2.24, 2.45) is 0 Å². The minimum absolute atomic E-state index is 0.0640. The zero-order chi connectivity index (χ0) is 14.8. The largest absolute Gasteiger partial charge is 0.395 e. The normalized spacial score (nSPS) is 11.0. The molecule has 0 aliphatic heterocycles. The van der Waals surface area contributed by atoms with Gasteiger partial charge in [0.2, 0.25) is 0 Å². The van der Waals surface area contributed by atoms with Gasteiger partial charge < -0.3 is 10.4 Å². The Hall–Kier alpha value is -2.18. The van der Waals surface area contributed by atoms with Crippen LogP contribution in [0.25, 0.3) is 16.2 Å². The van der Waals surface area contributed by atoms with E-state index in [0.29, 0.717) is 4.88 Å². The second-order valence-corrected chi connectivity index (χ2v) is 5.62. The Labute approximate surface area is 125 Å². The van der Waals surface area contributed by atoms with E-state index in [1.54, 1.807) is 0 Å². The first-order valence-electron chi connectivity index (χ1n) is 6.63. The zero-order valence-electron chi connectivity index (χ0n) is 11.5. The lowest BCUT2D eigenvalue weighted by Crippen LogP contribution is -2.26. The van der Waals surface area contributed by atoms with E-state index in [0.717, 1.165) is 21.9 Å². The Kier molecular flexibility index (Phi) is 3.72. The highest BCUT2D eigenvalue weighted by Crippen LogP contribution is 2.26. The minimum Gasteiger partial charge on any atom is -0.395 e. The van der Waals surface area contributed by atoms with Crippen LogP contribution in [-0.4, -0.2) is 33.6 Å². The average molecular weight is 301 g/mol. The Morgan fingerprint density at radius 1 is 1.38 bits per heavy atom. The van der Waals surface area contributed by atoms with Gasteiger partial charge in [-0.25, -0.2) is 4.98 Å². The van der Waals surface area contributed by atoms with Gasteiger partial charge in [0, 0.05) is 24.0 Å². The first-order chi connectivity index (χ1) is 10.2. The minimum atomic E-state index is -0.168. The molecule has 3 rings (SSSR count). The van der Waals surface area contributed by atoms with Crippen molar-refractivity contribution in [2.45, 2.75) is 6.92 Å². The molecule has 3 aromatic rings. The van der Waals surface area contributed by atoms with Gasteiger partial charge in [0.25, 0.3) is 5.91 Å². The van der Waals surface area contributed by atoms with Crippen LogP contribution in [0.4, 0.5) is 0 Å². The standard InChI is InChI=1S/C15H15N3O2S/c1-10-13(14(20)16-7-8-19)21-15-17-12(9-18(10)15)11-5-3-2-4-6-11/h2-6,9,19H,7-8H2,1H3,(H,16,20). The number of benzene rings is 1. The summed E-state index contributed by atoms with van der Waals surface area (Å²) in [6.07, 6.45) is 1.94. The van der Waals surface area contributed by atoms with Crippen molar-refractivity contribution in [1.82, 2.24) is 14.7 Å². The zero-order valence-corrected chi connectivity index (χ0v) is 12.4. The van der Waals surface area contributed by atoms with Gasteiger partial charge in [-0.2, -0.15) is 0 Å². The highest BCUT2D eigenvalue weighted by atomic mass is 32.1. The number of aliphatic hydroxyl groups is 1. The first-order valence-corrected chi connectivity index (χ1v) is 7.45. The molecule has 0 saturated carbocycles. The van der Waals surface area contributed by atoms with Crippen molar-refractivity contribution in [3.8, 4) is 11.3 Å². The summed E-state index contributed by atoms with van der Waals surface area (Å²) in [6.45, 7) is 2.09. The van der Waals surface area contributed by atoms with Crippen molar-refractivity contribution in [2.75, 3.05) is 13.2 Å². The van der Waals surface area contributed by atoms with Crippen LogP contribution in [0.1, 0.15) is 15.4 Å². The number of rotatable bonds is 4. The van der Waals surface area contributed by atoms with E-state index in [2.05, 4.69) is 10.3 Å². The number of carbonyl (C=O) groups is 1. The predicted molar refractivity (Wildman–Crippen MR) is 82.7 cm³/mol. The topological polar surface area (TPSA) is 66.6 Å². The molecule has 6 heteroatoms. The summed E-state index contributed by atoms with van der Waals surface area (Å²) in [5.41, 5.74) is 2.81. The molecule has 0 radical (unpaired) electrons. The van der Waals surface area contributed by atoms with Crippen LogP contribution >= 0.6 is 11.3 Å².